The van der Waals surface area contributed by atoms with Crippen molar-refractivity contribution >= 4 is 17.6 Å². The fraction of sp³-hybridized carbons (Fsp3) is 0.176. The third-order valence-electron chi connectivity index (χ3n) is 3.19. The Hall–Kier alpha value is -2.97. The van der Waals surface area contributed by atoms with Gasteiger partial charge in [0.25, 0.3) is 5.91 Å². The summed E-state index contributed by atoms with van der Waals surface area (Å²) in [6, 6.07) is 7.04. The van der Waals surface area contributed by atoms with Gasteiger partial charge in [0, 0.05) is 0 Å². The number of amides is 1. The molecule has 0 radical (unpaired) electrons. The van der Waals surface area contributed by atoms with E-state index in [4.69, 9.17) is 0 Å². The highest BCUT2D eigenvalue weighted by molar-refractivity contribution is 5.93. The molecule has 0 unspecified atom stereocenters. The third kappa shape index (κ3) is 5.27. The minimum atomic E-state index is -4.55. The van der Waals surface area contributed by atoms with Crippen LogP contribution >= 0.6 is 0 Å². The molecule has 0 spiro atoms. The molecule has 0 aliphatic heterocycles. The van der Waals surface area contributed by atoms with Gasteiger partial charge < -0.3 is 10.1 Å². The van der Waals surface area contributed by atoms with Gasteiger partial charge in [-0.15, -0.1) is 0 Å². The van der Waals surface area contributed by atoms with Crippen LogP contribution in [0, 0.1) is 11.6 Å². The number of carbonyl (C=O) groups excluding carboxylic acids is 2. The molecule has 0 aliphatic rings. The van der Waals surface area contributed by atoms with E-state index in [0.717, 1.165) is 36.4 Å². The number of para-hydroxylation sites is 1. The molecule has 0 heterocycles. The van der Waals surface area contributed by atoms with E-state index in [2.05, 4.69) is 4.74 Å². The van der Waals surface area contributed by atoms with E-state index in [1.54, 1.807) is 0 Å². The van der Waals surface area contributed by atoms with Crippen molar-refractivity contribution in [3.63, 3.8) is 0 Å². The number of esters is 1. The summed E-state index contributed by atoms with van der Waals surface area (Å²) in [7, 11) is 0. The van der Waals surface area contributed by atoms with Crippen molar-refractivity contribution in [1.29, 1.82) is 0 Å². The molecule has 0 saturated carbocycles. The van der Waals surface area contributed by atoms with Crippen molar-refractivity contribution in [3.05, 3.63) is 65.2 Å². The number of alkyl halides is 3. The molecular weight excluding hydrogens is 361 g/mol. The lowest BCUT2D eigenvalue weighted by Crippen LogP contribution is -2.22. The molecule has 4 nitrogen and oxygen atoms in total. The van der Waals surface area contributed by atoms with E-state index >= 15 is 0 Å². The Bertz CT molecular complexity index is 800. The molecule has 2 rings (SSSR count). The Morgan fingerprint density at radius 2 is 1.62 bits per heavy atom. The van der Waals surface area contributed by atoms with E-state index in [0.29, 0.717) is 0 Å². The van der Waals surface area contributed by atoms with E-state index in [1.807, 2.05) is 5.32 Å². The maximum atomic E-state index is 13.4. The average molecular weight is 373 g/mol. The lowest BCUT2D eigenvalue weighted by molar-refractivity contribution is -0.146. The van der Waals surface area contributed by atoms with Crippen LogP contribution in [0.1, 0.15) is 11.1 Å². The Kier molecular flexibility index (Phi) is 5.91. The summed E-state index contributed by atoms with van der Waals surface area (Å²) in [6.07, 6.45) is -5.05. The first kappa shape index (κ1) is 19.4. The van der Waals surface area contributed by atoms with Crippen LogP contribution in [0.3, 0.4) is 0 Å². The fourth-order valence-corrected chi connectivity index (χ4v) is 2.01. The zero-order valence-corrected chi connectivity index (χ0v) is 13.1. The van der Waals surface area contributed by atoms with Crippen molar-refractivity contribution in [2.75, 3.05) is 11.9 Å². The number of benzene rings is 2. The topological polar surface area (TPSA) is 55.4 Å². The summed E-state index contributed by atoms with van der Waals surface area (Å²) < 4.78 is 69.2. The van der Waals surface area contributed by atoms with Gasteiger partial charge in [0.1, 0.15) is 17.3 Å². The molecule has 0 aliphatic carbocycles. The third-order valence-corrected chi connectivity index (χ3v) is 3.19. The smallest absolute Gasteiger partial charge is 0.416 e. The summed E-state index contributed by atoms with van der Waals surface area (Å²) in [5, 5.41) is 1.91. The zero-order valence-electron chi connectivity index (χ0n) is 13.1. The lowest BCUT2D eigenvalue weighted by atomic mass is 10.1. The quantitative estimate of drug-likeness (QED) is 0.642. The standard InChI is InChI=1S/C17H12F5NO3/c18-12-5-2-6-13(19)16(12)23-14(24)9-26-15(25)8-10-3-1-4-11(7-10)17(20,21)22/h1-7H,8-9H2,(H,23,24). The molecule has 26 heavy (non-hydrogen) atoms. The molecule has 1 amide bonds. The summed E-state index contributed by atoms with van der Waals surface area (Å²) in [6.45, 7) is -0.842. The molecular formula is C17H12F5NO3. The number of rotatable bonds is 5. The Morgan fingerprint density at radius 3 is 2.23 bits per heavy atom. The number of halogens is 5. The van der Waals surface area contributed by atoms with Crippen LogP contribution in [0.15, 0.2) is 42.5 Å². The molecule has 0 fully saturated rings. The number of hydrogen-bond donors (Lipinski definition) is 1. The summed E-state index contributed by atoms with van der Waals surface area (Å²) in [5.74, 6) is -3.97. The lowest BCUT2D eigenvalue weighted by Gasteiger charge is -2.10. The van der Waals surface area contributed by atoms with Gasteiger partial charge in [0.05, 0.1) is 12.0 Å². The average Bonchev–Trinajstić information content (AvgIpc) is 2.56. The number of ether oxygens (including phenoxy) is 1. The van der Waals surface area contributed by atoms with Gasteiger partial charge in [0.15, 0.2) is 6.61 Å². The minimum Gasteiger partial charge on any atom is -0.455 e. The van der Waals surface area contributed by atoms with Crippen molar-refractivity contribution in [2.45, 2.75) is 12.6 Å². The van der Waals surface area contributed by atoms with Crippen molar-refractivity contribution < 1.29 is 36.3 Å². The van der Waals surface area contributed by atoms with E-state index in [9.17, 15) is 31.5 Å². The molecule has 0 bridgehead atoms. The Morgan fingerprint density at radius 1 is 1.00 bits per heavy atom. The zero-order chi connectivity index (χ0) is 19.3. The first-order chi connectivity index (χ1) is 12.2. The number of nitrogens with one attached hydrogen (secondary N) is 1. The van der Waals surface area contributed by atoms with Gasteiger partial charge in [-0.1, -0.05) is 24.3 Å². The Labute approximate surface area is 144 Å². The van der Waals surface area contributed by atoms with Gasteiger partial charge in [-0.2, -0.15) is 13.2 Å². The summed E-state index contributed by atoms with van der Waals surface area (Å²) in [5.41, 5.74) is -1.56. The minimum absolute atomic E-state index is 0.0466. The van der Waals surface area contributed by atoms with Crippen LogP contribution in [-0.4, -0.2) is 18.5 Å². The van der Waals surface area contributed by atoms with Crippen LogP contribution in [0.2, 0.25) is 0 Å². The second-order valence-corrected chi connectivity index (χ2v) is 5.18. The molecule has 9 heteroatoms. The highest BCUT2D eigenvalue weighted by Crippen LogP contribution is 2.29. The highest BCUT2D eigenvalue weighted by Gasteiger charge is 2.30. The van der Waals surface area contributed by atoms with Crippen LogP contribution in [0.25, 0.3) is 0 Å². The predicted octanol–water partition coefficient (Wildman–Crippen LogP) is 3.71. The number of anilines is 1. The van der Waals surface area contributed by atoms with Crippen LogP contribution in [0.4, 0.5) is 27.6 Å². The molecule has 0 saturated heterocycles. The highest BCUT2D eigenvalue weighted by atomic mass is 19.4. The monoisotopic (exact) mass is 373 g/mol. The number of carbonyl (C=O) groups is 2. The fourth-order valence-electron chi connectivity index (χ4n) is 2.01. The maximum absolute atomic E-state index is 13.4. The van der Waals surface area contributed by atoms with Gasteiger partial charge in [0.2, 0.25) is 0 Å². The van der Waals surface area contributed by atoms with E-state index < -0.39 is 54.0 Å². The van der Waals surface area contributed by atoms with Crippen molar-refractivity contribution in [2.24, 2.45) is 0 Å². The summed E-state index contributed by atoms with van der Waals surface area (Å²) >= 11 is 0. The second kappa shape index (κ2) is 7.94. The van der Waals surface area contributed by atoms with Crippen LogP contribution in [-0.2, 0) is 26.9 Å². The molecule has 0 aromatic heterocycles. The van der Waals surface area contributed by atoms with E-state index in [1.165, 1.54) is 6.07 Å². The van der Waals surface area contributed by atoms with Crippen LogP contribution < -0.4 is 5.32 Å². The molecule has 0 atom stereocenters. The molecule has 1 N–H and O–H groups in total. The first-order valence-corrected chi connectivity index (χ1v) is 7.22. The van der Waals surface area contributed by atoms with Gasteiger partial charge in [-0.25, -0.2) is 8.78 Å². The van der Waals surface area contributed by atoms with Gasteiger partial charge in [-0.3, -0.25) is 9.59 Å². The predicted molar refractivity (Wildman–Crippen MR) is 81.1 cm³/mol. The first-order valence-electron chi connectivity index (χ1n) is 7.22. The SMILES string of the molecule is O=C(COC(=O)Cc1cccc(C(F)(F)F)c1)Nc1c(F)cccc1F. The van der Waals surface area contributed by atoms with E-state index in [-0.39, 0.29) is 5.56 Å². The van der Waals surface area contributed by atoms with Crippen molar-refractivity contribution in [3.8, 4) is 0 Å². The summed E-state index contributed by atoms with van der Waals surface area (Å²) in [4.78, 5) is 23.2. The Balaban J connectivity index is 1.90. The number of hydrogen-bond acceptors (Lipinski definition) is 3. The normalized spacial score (nSPS) is 11.1. The molecule has 138 valence electrons. The van der Waals surface area contributed by atoms with Crippen molar-refractivity contribution in [1.82, 2.24) is 0 Å². The van der Waals surface area contributed by atoms with Crippen LogP contribution in [0.5, 0.6) is 0 Å². The molecule has 2 aromatic rings. The molecule has 2 aromatic carbocycles. The second-order valence-electron chi connectivity index (χ2n) is 5.18. The maximum Gasteiger partial charge on any atom is 0.416 e. The van der Waals surface area contributed by atoms with Gasteiger partial charge in [-0.05, 0) is 23.8 Å². The van der Waals surface area contributed by atoms with Gasteiger partial charge >= 0.3 is 12.1 Å². The largest absolute Gasteiger partial charge is 0.455 e.